The molecule has 4 aromatic rings. The van der Waals surface area contributed by atoms with Gasteiger partial charge in [0, 0.05) is 11.1 Å². The third-order valence-electron chi connectivity index (χ3n) is 5.56. The highest BCUT2D eigenvalue weighted by Gasteiger charge is 2.21. The van der Waals surface area contributed by atoms with Crippen LogP contribution in [-0.2, 0) is 6.67 Å². The average molecular weight is 436 g/mol. The van der Waals surface area contributed by atoms with Crippen molar-refractivity contribution in [2.45, 2.75) is 34.4 Å². The second-order valence-corrected chi connectivity index (χ2v) is 8.12. The summed E-state index contributed by atoms with van der Waals surface area (Å²) in [4.78, 5) is 10.6. The van der Waals surface area contributed by atoms with E-state index in [4.69, 9.17) is 16.7 Å². The maximum atomic E-state index is 11.0. The zero-order chi connectivity index (χ0) is 22.3. The van der Waals surface area contributed by atoms with Crippen molar-refractivity contribution < 1.29 is 4.92 Å². The van der Waals surface area contributed by atoms with Crippen molar-refractivity contribution >= 4 is 17.3 Å². The van der Waals surface area contributed by atoms with E-state index < -0.39 is 4.92 Å². The lowest BCUT2D eigenvalue weighted by Crippen LogP contribution is -2.11. The molecule has 2 heterocycles. The number of hydrogen-bond acceptors (Lipinski definition) is 4. The van der Waals surface area contributed by atoms with Gasteiger partial charge >= 0.3 is 5.69 Å². The molecular weight excluding hydrogens is 414 g/mol. The molecule has 0 radical (unpaired) electrons. The van der Waals surface area contributed by atoms with Crippen LogP contribution in [0.3, 0.4) is 0 Å². The topological polar surface area (TPSA) is 78.8 Å². The number of halogens is 1. The van der Waals surface area contributed by atoms with Gasteiger partial charge in [0.25, 0.3) is 0 Å². The van der Waals surface area contributed by atoms with Gasteiger partial charge in [0.2, 0.25) is 0 Å². The van der Waals surface area contributed by atoms with Gasteiger partial charge in [-0.3, -0.25) is 10.1 Å². The summed E-state index contributed by atoms with van der Waals surface area (Å²) in [5, 5.41) is 20.5. The molecule has 0 atom stereocenters. The molecule has 0 fully saturated rings. The summed E-state index contributed by atoms with van der Waals surface area (Å²) >= 11 is 6.88. The molecule has 0 aliphatic heterocycles. The molecule has 0 aliphatic rings. The summed E-state index contributed by atoms with van der Waals surface area (Å²) in [6, 6.07) is 12.3. The number of rotatable bonds is 5. The Morgan fingerprint density at radius 2 is 1.58 bits per heavy atom. The van der Waals surface area contributed by atoms with E-state index in [1.165, 1.54) is 28.2 Å². The van der Waals surface area contributed by atoms with Crippen molar-refractivity contribution in [2.75, 3.05) is 0 Å². The van der Waals surface area contributed by atoms with Crippen LogP contribution >= 0.6 is 11.6 Å². The molecule has 0 saturated heterocycles. The molecule has 7 nitrogen and oxygen atoms in total. The maximum Gasteiger partial charge on any atom is 0.307 e. The third-order valence-corrected chi connectivity index (χ3v) is 5.92. The first kappa shape index (κ1) is 20.8. The molecule has 2 aromatic heterocycles. The number of benzene rings is 2. The van der Waals surface area contributed by atoms with E-state index >= 15 is 0 Å². The molecule has 0 amide bonds. The molecule has 0 N–H and O–H groups in total. The summed E-state index contributed by atoms with van der Waals surface area (Å²) in [5.41, 5.74) is 7.86. The highest BCUT2D eigenvalue weighted by Crippen LogP contribution is 2.37. The molecule has 0 unspecified atom stereocenters. The zero-order valence-electron chi connectivity index (χ0n) is 17.8. The van der Waals surface area contributed by atoms with Gasteiger partial charge < -0.3 is 0 Å². The minimum Gasteiger partial charge on any atom is -0.258 e. The first-order valence-electron chi connectivity index (χ1n) is 9.83. The van der Waals surface area contributed by atoms with E-state index in [0.29, 0.717) is 10.7 Å². The highest BCUT2D eigenvalue weighted by molar-refractivity contribution is 6.35. The number of aryl methyl sites for hydroxylation is 4. The Hall–Kier alpha value is -3.45. The summed E-state index contributed by atoms with van der Waals surface area (Å²) < 4.78 is 3.23. The SMILES string of the molecule is Cc1ccc(-c2nn(Cn3cc([N+](=O)[O-])cn3)c(-c3ccc(C)c(C)c3)c2Cl)cc1C. The quantitative estimate of drug-likeness (QED) is 0.297. The second kappa shape index (κ2) is 8.00. The van der Waals surface area contributed by atoms with Crippen molar-refractivity contribution in [3.05, 3.63) is 86.2 Å². The lowest BCUT2D eigenvalue weighted by Gasteiger charge is -2.10. The van der Waals surface area contributed by atoms with Crippen LogP contribution in [0.15, 0.2) is 48.8 Å². The smallest absolute Gasteiger partial charge is 0.258 e. The molecule has 0 saturated carbocycles. The molecule has 31 heavy (non-hydrogen) atoms. The van der Waals surface area contributed by atoms with Crippen LogP contribution in [0.25, 0.3) is 22.5 Å². The van der Waals surface area contributed by atoms with Crippen LogP contribution < -0.4 is 0 Å². The minimum absolute atomic E-state index is 0.0691. The Morgan fingerprint density at radius 1 is 0.968 bits per heavy atom. The Bertz CT molecular complexity index is 1310. The Morgan fingerprint density at radius 3 is 2.16 bits per heavy atom. The van der Waals surface area contributed by atoms with E-state index in [1.807, 2.05) is 24.3 Å². The van der Waals surface area contributed by atoms with E-state index in [9.17, 15) is 10.1 Å². The normalized spacial score (nSPS) is 11.1. The van der Waals surface area contributed by atoms with Gasteiger partial charge in [0.05, 0.1) is 15.6 Å². The van der Waals surface area contributed by atoms with Gasteiger partial charge in [-0.05, 0) is 62.1 Å². The van der Waals surface area contributed by atoms with Crippen LogP contribution in [0.5, 0.6) is 0 Å². The molecule has 158 valence electrons. The summed E-state index contributed by atoms with van der Waals surface area (Å²) in [6.45, 7) is 8.41. The molecule has 0 aliphatic carbocycles. The van der Waals surface area contributed by atoms with Crippen LogP contribution in [0.2, 0.25) is 5.02 Å². The molecule has 2 aromatic carbocycles. The first-order valence-corrected chi connectivity index (χ1v) is 10.2. The average Bonchev–Trinajstić information content (AvgIpc) is 3.31. The summed E-state index contributed by atoms with van der Waals surface area (Å²) in [7, 11) is 0. The monoisotopic (exact) mass is 435 g/mol. The van der Waals surface area contributed by atoms with Crippen LogP contribution in [0, 0.1) is 37.8 Å². The fourth-order valence-corrected chi connectivity index (χ4v) is 3.80. The lowest BCUT2D eigenvalue weighted by atomic mass is 10.0. The van der Waals surface area contributed by atoms with Crippen molar-refractivity contribution in [1.29, 1.82) is 0 Å². The number of nitrogens with zero attached hydrogens (tertiary/aromatic N) is 5. The van der Waals surface area contributed by atoms with E-state index in [2.05, 4.69) is 44.9 Å². The highest BCUT2D eigenvalue weighted by atomic mass is 35.5. The fourth-order valence-electron chi connectivity index (χ4n) is 3.44. The van der Waals surface area contributed by atoms with Crippen LogP contribution in [0.4, 0.5) is 5.69 Å². The summed E-state index contributed by atoms with van der Waals surface area (Å²) in [5.74, 6) is 0. The second-order valence-electron chi connectivity index (χ2n) is 7.75. The maximum absolute atomic E-state index is 11.0. The predicted octanol–water partition coefficient (Wildman–Crippen LogP) is 5.71. The van der Waals surface area contributed by atoms with Crippen molar-refractivity contribution in [1.82, 2.24) is 19.6 Å². The Kier molecular flexibility index (Phi) is 5.37. The minimum atomic E-state index is -0.468. The van der Waals surface area contributed by atoms with E-state index in [-0.39, 0.29) is 12.4 Å². The zero-order valence-corrected chi connectivity index (χ0v) is 18.5. The molecule has 0 bridgehead atoms. The van der Waals surface area contributed by atoms with Crippen LogP contribution in [0.1, 0.15) is 22.3 Å². The number of hydrogen-bond donors (Lipinski definition) is 0. The van der Waals surface area contributed by atoms with Gasteiger partial charge in [-0.25, -0.2) is 9.36 Å². The molecule has 4 rings (SSSR count). The van der Waals surface area contributed by atoms with Gasteiger partial charge in [0.1, 0.15) is 24.8 Å². The van der Waals surface area contributed by atoms with E-state index in [1.54, 1.807) is 4.68 Å². The third kappa shape index (κ3) is 3.96. The van der Waals surface area contributed by atoms with Crippen molar-refractivity contribution in [3.8, 4) is 22.5 Å². The lowest BCUT2D eigenvalue weighted by molar-refractivity contribution is -0.385. The van der Waals surface area contributed by atoms with Gasteiger partial charge in [-0.15, -0.1) is 0 Å². The first-order chi connectivity index (χ1) is 14.7. The fraction of sp³-hybridized carbons (Fsp3) is 0.217. The van der Waals surface area contributed by atoms with Crippen molar-refractivity contribution in [3.63, 3.8) is 0 Å². The summed E-state index contributed by atoms with van der Waals surface area (Å²) in [6.07, 6.45) is 2.61. The largest absolute Gasteiger partial charge is 0.307 e. The number of nitro groups is 1. The Labute approximate surface area is 185 Å². The van der Waals surface area contributed by atoms with Gasteiger partial charge in [-0.2, -0.15) is 10.2 Å². The van der Waals surface area contributed by atoms with Gasteiger partial charge in [0.15, 0.2) is 0 Å². The molecule has 0 spiro atoms. The van der Waals surface area contributed by atoms with Gasteiger partial charge in [-0.1, -0.05) is 35.9 Å². The Balaban J connectivity index is 1.87. The molecule has 8 heteroatoms. The molecular formula is C23H22ClN5O2. The standard InChI is InChI=1S/C23H22ClN5O2/c1-14-5-7-18(9-16(14)3)22-21(24)23(19-8-6-15(2)17(4)10-19)28(26-22)13-27-12-20(11-25-27)29(30)31/h5-12H,13H2,1-4H3. The van der Waals surface area contributed by atoms with E-state index in [0.717, 1.165) is 27.9 Å². The van der Waals surface area contributed by atoms with Crippen LogP contribution in [-0.4, -0.2) is 24.5 Å². The number of aromatic nitrogens is 4. The predicted molar refractivity (Wildman–Crippen MR) is 121 cm³/mol. The van der Waals surface area contributed by atoms with Crippen molar-refractivity contribution in [2.24, 2.45) is 0 Å².